The number of aliphatic carboxylic acids is 1. The number of hydrogen-bond acceptors (Lipinski definition) is 7. The predicted molar refractivity (Wildman–Crippen MR) is 81.7 cm³/mol. The van der Waals surface area contributed by atoms with E-state index in [1.807, 2.05) is 0 Å². The number of nitrogens with zero attached hydrogens (tertiary/aromatic N) is 1. The van der Waals surface area contributed by atoms with Gasteiger partial charge in [-0.25, -0.2) is 5.06 Å². The molecule has 23 heavy (non-hydrogen) atoms. The number of hydroxylamine groups is 1. The Hall–Kier alpha value is -2.10. The normalized spacial score (nSPS) is 20.4. The Morgan fingerprint density at radius 2 is 2.17 bits per heavy atom. The maximum atomic E-state index is 12.1. The maximum absolute atomic E-state index is 12.1. The number of carbonyl (C=O) groups is 2. The van der Waals surface area contributed by atoms with Crippen molar-refractivity contribution in [3.8, 4) is 0 Å². The van der Waals surface area contributed by atoms with E-state index in [0.29, 0.717) is 23.1 Å². The number of aliphatic hydroxyl groups is 2. The molecule has 1 aliphatic carbocycles. The van der Waals surface area contributed by atoms with Gasteiger partial charge in [-0.3, -0.25) is 14.4 Å². The molecular weight excluding hydrogens is 324 g/mol. The summed E-state index contributed by atoms with van der Waals surface area (Å²) >= 11 is 1.20. The standard InChI is InChI=1S/C14H16N2O6S/c17-9(18)5-15-13(20)10-11(19)12-8(3-4-23-12)16(14(10)21)22-6-7-1-2-7/h3-4,7,14,19,21H,1-2,5-6H2,(H,15,20)(H,17,18). The molecule has 1 amide bonds. The van der Waals surface area contributed by atoms with Crippen LogP contribution >= 0.6 is 11.3 Å². The van der Waals surface area contributed by atoms with Crippen molar-refractivity contribution < 1.29 is 29.7 Å². The molecule has 0 spiro atoms. The number of anilines is 1. The highest BCUT2D eigenvalue weighted by Crippen LogP contribution is 2.41. The van der Waals surface area contributed by atoms with Crippen LogP contribution in [0.1, 0.15) is 17.7 Å². The summed E-state index contributed by atoms with van der Waals surface area (Å²) in [6, 6.07) is 1.68. The summed E-state index contributed by atoms with van der Waals surface area (Å²) in [5.41, 5.74) is 0.160. The van der Waals surface area contributed by atoms with Crippen molar-refractivity contribution in [3.05, 3.63) is 21.9 Å². The Morgan fingerprint density at radius 3 is 2.83 bits per heavy atom. The average Bonchev–Trinajstić information content (AvgIpc) is 3.19. The van der Waals surface area contributed by atoms with Gasteiger partial charge in [-0.1, -0.05) is 0 Å². The van der Waals surface area contributed by atoms with Gasteiger partial charge in [0.2, 0.25) is 0 Å². The first kappa shape index (κ1) is 15.8. The lowest BCUT2D eigenvalue weighted by atomic mass is 10.1. The quantitative estimate of drug-likeness (QED) is 0.602. The Kier molecular flexibility index (Phi) is 4.24. The van der Waals surface area contributed by atoms with Crippen LogP contribution in [0.3, 0.4) is 0 Å². The fourth-order valence-corrected chi connectivity index (χ4v) is 3.07. The van der Waals surface area contributed by atoms with Gasteiger partial charge in [-0.2, -0.15) is 0 Å². The van der Waals surface area contributed by atoms with E-state index in [9.17, 15) is 19.8 Å². The minimum absolute atomic E-state index is 0.322. The summed E-state index contributed by atoms with van der Waals surface area (Å²) in [5, 5.41) is 34.3. The molecule has 1 aliphatic heterocycles. The number of aliphatic hydroxyl groups excluding tert-OH is 2. The number of rotatable bonds is 6. The summed E-state index contributed by atoms with van der Waals surface area (Å²) in [4.78, 5) is 28.7. The highest BCUT2D eigenvalue weighted by atomic mass is 32.1. The van der Waals surface area contributed by atoms with E-state index < -0.39 is 24.6 Å². The third-order valence-electron chi connectivity index (χ3n) is 3.62. The SMILES string of the molecule is O=C(O)CNC(=O)C1=C(O)c2sccc2N(OCC2CC2)C1O. The zero-order valence-corrected chi connectivity index (χ0v) is 12.9. The van der Waals surface area contributed by atoms with E-state index in [0.717, 1.165) is 12.8 Å². The molecule has 3 rings (SSSR count). The lowest BCUT2D eigenvalue weighted by Crippen LogP contribution is -2.45. The number of carboxylic acids is 1. The molecule has 2 heterocycles. The van der Waals surface area contributed by atoms with Gasteiger partial charge >= 0.3 is 5.97 Å². The lowest BCUT2D eigenvalue weighted by Gasteiger charge is -2.33. The van der Waals surface area contributed by atoms with Gasteiger partial charge < -0.3 is 20.6 Å². The van der Waals surface area contributed by atoms with Gasteiger partial charge in [0.05, 0.1) is 17.2 Å². The van der Waals surface area contributed by atoms with Crippen LogP contribution in [0.15, 0.2) is 17.0 Å². The molecular formula is C14H16N2O6S. The molecule has 1 atom stereocenters. The third-order valence-corrected chi connectivity index (χ3v) is 4.53. The first-order chi connectivity index (χ1) is 11.0. The molecule has 0 aromatic carbocycles. The van der Waals surface area contributed by atoms with Crippen LogP contribution in [-0.2, 0) is 14.4 Å². The summed E-state index contributed by atoms with van der Waals surface area (Å²) in [6.07, 6.45) is 0.616. The van der Waals surface area contributed by atoms with Gasteiger partial charge in [0.15, 0.2) is 6.23 Å². The highest BCUT2D eigenvalue weighted by molar-refractivity contribution is 7.11. The second-order valence-corrected chi connectivity index (χ2v) is 6.33. The van der Waals surface area contributed by atoms with Crippen LogP contribution in [0.25, 0.3) is 5.76 Å². The minimum atomic E-state index is -1.51. The Bertz CT molecular complexity index is 666. The van der Waals surface area contributed by atoms with Crippen LogP contribution in [0.4, 0.5) is 5.69 Å². The average molecular weight is 340 g/mol. The van der Waals surface area contributed by atoms with Crippen LogP contribution < -0.4 is 10.4 Å². The Balaban J connectivity index is 1.86. The molecule has 2 aliphatic rings. The van der Waals surface area contributed by atoms with E-state index in [1.54, 1.807) is 11.4 Å². The predicted octanol–water partition coefficient (Wildman–Crippen LogP) is 0.698. The number of amides is 1. The number of thiophene rings is 1. The first-order valence-corrected chi connectivity index (χ1v) is 7.98. The second-order valence-electron chi connectivity index (χ2n) is 5.41. The van der Waals surface area contributed by atoms with E-state index >= 15 is 0 Å². The smallest absolute Gasteiger partial charge is 0.322 e. The monoisotopic (exact) mass is 340 g/mol. The van der Waals surface area contributed by atoms with Crippen molar-refractivity contribution in [2.24, 2.45) is 5.92 Å². The van der Waals surface area contributed by atoms with Crippen molar-refractivity contribution in [1.29, 1.82) is 0 Å². The molecule has 1 unspecified atom stereocenters. The van der Waals surface area contributed by atoms with Crippen LogP contribution in [-0.4, -0.2) is 46.6 Å². The van der Waals surface area contributed by atoms with E-state index in [-0.39, 0.29) is 11.3 Å². The fourth-order valence-electron chi connectivity index (χ4n) is 2.23. The lowest BCUT2D eigenvalue weighted by molar-refractivity contribution is -0.137. The summed E-state index contributed by atoms with van der Waals surface area (Å²) in [6.45, 7) is -0.195. The highest BCUT2D eigenvalue weighted by Gasteiger charge is 2.38. The number of carboxylic acid groups (broad SMARTS) is 1. The molecule has 1 aromatic heterocycles. The van der Waals surface area contributed by atoms with Crippen LogP contribution in [0.2, 0.25) is 0 Å². The molecule has 1 aromatic rings. The van der Waals surface area contributed by atoms with Crippen LogP contribution in [0, 0.1) is 5.92 Å². The molecule has 0 radical (unpaired) electrons. The molecule has 1 saturated carbocycles. The number of fused-ring (bicyclic) bond motifs is 1. The van der Waals surface area contributed by atoms with Crippen molar-refractivity contribution in [3.63, 3.8) is 0 Å². The largest absolute Gasteiger partial charge is 0.506 e. The summed E-state index contributed by atoms with van der Waals surface area (Å²) in [7, 11) is 0. The topological polar surface area (TPSA) is 119 Å². The van der Waals surface area contributed by atoms with Crippen molar-refractivity contribution in [2.75, 3.05) is 18.2 Å². The molecule has 0 saturated heterocycles. The van der Waals surface area contributed by atoms with E-state index in [4.69, 9.17) is 9.94 Å². The zero-order valence-electron chi connectivity index (χ0n) is 12.1. The molecule has 1 fully saturated rings. The molecule has 8 nitrogen and oxygen atoms in total. The zero-order chi connectivity index (χ0) is 16.6. The first-order valence-electron chi connectivity index (χ1n) is 7.10. The van der Waals surface area contributed by atoms with Crippen molar-refractivity contribution in [2.45, 2.75) is 19.1 Å². The second kappa shape index (κ2) is 6.19. The van der Waals surface area contributed by atoms with Crippen LogP contribution in [0.5, 0.6) is 0 Å². The maximum Gasteiger partial charge on any atom is 0.322 e. The van der Waals surface area contributed by atoms with Gasteiger partial charge in [0, 0.05) is 0 Å². The molecule has 124 valence electrons. The minimum Gasteiger partial charge on any atom is -0.506 e. The van der Waals surface area contributed by atoms with Crippen molar-refractivity contribution >= 4 is 34.7 Å². The molecule has 4 N–H and O–H groups in total. The Morgan fingerprint density at radius 1 is 1.43 bits per heavy atom. The molecule has 9 heteroatoms. The van der Waals surface area contributed by atoms with Gasteiger partial charge in [-0.05, 0) is 30.2 Å². The Labute approximate surface area is 135 Å². The van der Waals surface area contributed by atoms with E-state index in [1.165, 1.54) is 16.4 Å². The van der Waals surface area contributed by atoms with Gasteiger partial charge in [-0.15, -0.1) is 11.3 Å². The van der Waals surface area contributed by atoms with Crippen molar-refractivity contribution in [1.82, 2.24) is 5.32 Å². The number of hydrogen-bond donors (Lipinski definition) is 4. The van der Waals surface area contributed by atoms with E-state index in [2.05, 4.69) is 5.32 Å². The third kappa shape index (κ3) is 3.16. The number of carbonyl (C=O) groups excluding carboxylic acids is 1. The van der Waals surface area contributed by atoms with Gasteiger partial charge in [0.25, 0.3) is 5.91 Å². The summed E-state index contributed by atoms with van der Waals surface area (Å²) < 4.78 is 0. The molecule has 0 bridgehead atoms. The fraction of sp³-hybridized carbons (Fsp3) is 0.429. The summed E-state index contributed by atoms with van der Waals surface area (Å²) in [5.74, 6) is -2.00. The number of nitrogens with one attached hydrogen (secondary N) is 1. The van der Waals surface area contributed by atoms with Gasteiger partial charge in [0.1, 0.15) is 17.9 Å².